The Kier molecular flexibility index (Phi) is 5.78. The molecule has 3 heterocycles. The molecule has 6 nitrogen and oxygen atoms in total. The number of hydrogen-bond acceptors (Lipinski definition) is 6. The molecule has 160 valence electrons. The predicted molar refractivity (Wildman–Crippen MR) is 122 cm³/mol. The average Bonchev–Trinajstić information content (AvgIpc) is 3.38. The molecule has 0 bridgehead atoms. The zero-order valence-electron chi connectivity index (χ0n) is 18.0. The van der Waals surface area contributed by atoms with Gasteiger partial charge in [-0.05, 0) is 43.5 Å². The van der Waals surface area contributed by atoms with Gasteiger partial charge < -0.3 is 9.15 Å². The molecule has 0 amide bonds. The third kappa shape index (κ3) is 3.93. The van der Waals surface area contributed by atoms with Crippen molar-refractivity contribution in [3.05, 3.63) is 74.5 Å². The number of esters is 1. The van der Waals surface area contributed by atoms with Crippen LogP contribution >= 0.6 is 11.3 Å². The van der Waals surface area contributed by atoms with E-state index in [2.05, 4.69) is 39.0 Å². The molecule has 4 aromatic rings. The van der Waals surface area contributed by atoms with E-state index < -0.39 is 5.97 Å². The summed E-state index contributed by atoms with van der Waals surface area (Å²) in [5.74, 6) is 0.786. The summed E-state index contributed by atoms with van der Waals surface area (Å²) >= 11 is 1.49. The Morgan fingerprint density at radius 2 is 2.00 bits per heavy atom. The summed E-state index contributed by atoms with van der Waals surface area (Å²) in [6.45, 7) is 6.37. The molecule has 7 heteroatoms. The number of furan rings is 1. The van der Waals surface area contributed by atoms with Gasteiger partial charge in [-0.25, -0.2) is 9.78 Å². The van der Waals surface area contributed by atoms with E-state index in [1.807, 2.05) is 5.38 Å². The molecule has 3 aromatic heterocycles. The smallest absolute Gasteiger partial charge is 0.373 e. The molecule has 0 radical (unpaired) electrons. The van der Waals surface area contributed by atoms with Gasteiger partial charge in [-0.1, -0.05) is 30.7 Å². The topological polar surface area (TPSA) is 74.3 Å². The van der Waals surface area contributed by atoms with Gasteiger partial charge in [-0.15, -0.1) is 11.3 Å². The molecule has 4 rings (SSSR count). The number of fused-ring (bicyclic) bond motifs is 1. The number of carbonyl (C=O) groups is 1. The van der Waals surface area contributed by atoms with Gasteiger partial charge in [0.2, 0.25) is 5.76 Å². The SMILES string of the molecule is CCCc1nc2scc(-c3ccc(C)cc3C)c2c(=O)n1Cc1ccc(C(=O)OC)o1. The highest BCUT2D eigenvalue weighted by molar-refractivity contribution is 7.17. The van der Waals surface area contributed by atoms with Gasteiger partial charge in [0.1, 0.15) is 16.4 Å². The number of rotatable bonds is 6. The van der Waals surface area contributed by atoms with Crippen LogP contribution in [0.1, 0.15) is 46.6 Å². The fourth-order valence-corrected chi connectivity index (χ4v) is 4.73. The van der Waals surface area contributed by atoms with Crippen LogP contribution in [0.25, 0.3) is 21.3 Å². The minimum atomic E-state index is -0.545. The molecule has 0 unspecified atom stereocenters. The van der Waals surface area contributed by atoms with Crippen LogP contribution in [0.2, 0.25) is 0 Å². The molecule has 0 spiro atoms. The van der Waals surface area contributed by atoms with Crippen molar-refractivity contribution in [2.45, 2.75) is 40.2 Å². The highest BCUT2D eigenvalue weighted by Crippen LogP contribution is 2.33. The van der Waals surface area contributed by atoms with Crippen molar-refractivity contribution in [3.63, 3.8) is 0 Å². The first-order valence-electron chi connectivity index (χ1n) is 10.2. The van der Waals surface area contributed by atoms with Crippen molar-refractivity contribution in [2.75, 3.05) is 7.11 Å². The van der Waals surface area contributed by atoms with Crippen LogP contribution in [0.3, 0.4) is 0 Å². The predicted octanol–water partition coefficient (Wildman–Crippen LogP) is 5.12. The van der Waals surface area contributed by atoms with Gasteiger partial charge in [0.15, 0.2) is 0 Å². The third-order valence-corrected chi connectivity index (χ3v) is 6.15. The van der Waals surface area contributed by atoms with E-state index in [9.17, 15) is 9.59 Å². The van der Waals surface area contributed by atoms with Crippen LogP contribution in [-0.2, 0) is 17.7 Å². The maximum atomic E-state index is 13.7. The minimum Gasteiger partial charge on any atom is -0.463 e. The van der Waals surface area contributed by atoms with E-state index in [1.54, 1.807) is 16.7 Å². The number of thiophene rings is 1. The Labute approximate surface area is 184 Å². The number of hydrogen-bond donors (Lipinski definition) is 0. The molecule has 0 atom stereocenters. The quantitative estimate of drug-likeness (QED) is 0.392. The Hall–Kier alpha value is -3.19. The minimum absolute atomic E-state index is 0.0966. The van der Waals surface area contributed by atoms with E-state index in [-0.39, 0.29) is 17.9 Å². The number of aromatic nitrogens is 2. The Morgan fingerprint density at radius 1 is 1.19 bits per heavy atom. The third-order valence-electron chi connectivity index (χ3n) is 5.28. The number of methoxy groups -OCH3 is 1. The van der Waals surface area contributed by atoms with Crippen LogP contribution in [0.5, 0.6) is 0 Å². The van der Waals surface area contributed by atoms with E-state index >= 15 is 0 Å². The Balaban J connectivity index is 1.86. The van der Waals surface area contributed by atoms with Crippen molar-refractivity contribution >= 4 is 27.5 Å². The summed E-state index contributed by atoms with van der Waals surface area (Å²) in [4.78, 5) is 30.9. The van der Waals surface area contributed by atoms with E-state index in [0.29, 0.717) is 23.4 Å². The van der Waals surface area contributed by atoms with E-state index in [1.165, 1.54) is 24.0 Å². The van der Waals surface area contributed by atoms with Crippen LogP contribution in [0.4, 0.5) is 0 Å². The maximum Gasteiger partial charge on any atom is 0.373 e. The molecule has 0 saturated heterocycles. The number of ether oxygens (including phenoxy) is 1. The summed E-state index contributed by atoms with van der Waals surface area (Å²) in [6.07, 6.45) is 1.53. The van der Waals surface area contributed by atoms with Gasteiger partial charge in [-0.3, -0.25) is 9.36 Å². The molecule has 31 heavy (non-hydrogen) atoms. The molecule has 0 N–H and O–H groups in total. The van der Waals surface area contributed by atoms with Crippen molar-refractivity contribution in [2.24, 2.45) is 0 Å². The normalized spacial score (nSPS) is 11.2. The highest BCUT2D eigenvalue weighted by atomic mass is 32.1. The summed E-state index contributed by atoms with van der Waals surface area (Å²) in [6, 6.07) is 9.49. The molecule has 0 saturated carbocycles. The summed E-state index contributed by atoms with van der Waals surface area (Å²) in [5, 5.41) is 2.63. The fourth-order valence-electron chi connectivity index (χ4n) is 3.79. The van der Waals surface area contributed by atoms with Crippen molar-refractivity contribution in [1.82, 2.24) is 9.55 Å². The molecular formula is C24H24N2O4S. The van der Waals surface area contributed by atoms with Crippen molar-refractivity contribution in [1.29, 1.82) is 0 Å². The molecule has 0 aliphatic rings. The lowest BCUT2D eigenvalue weighted by Gasteiger charge is -2.12. The molecule has 0 fully saturated rings. The summed E-state index contributed by atoms with van der Waals surface area (Å²) in [7, 11) is 1.30. The molecular weight excluding hydrogens is 412 g/mol. The first-order chi connectivity index (χ1) is 14.9. The standard InChI is InChI=1S/C24H24N2O4S/c1-5-6-20-25-22-21(18(13-31-22)17-9-7-14(2)11-15(17)3)23(27)26(20)12-16-8-10-19(30-16)24(28)29-4/h7-11,13H,5-6,12H2,1-4H3. The molecule has 1 aromatic carbocycles. The number of nitrogens with zero attached hydrogens (tertiary/aromatic N) is 2. The summed E-state index contributed by atoms with van der Waals surface area (Å²) < 4.78 is 12.0. The van der Waals surface area contributed by atoms with Gasteiger partial charge >= 0.3 is 5.97 Å². The lowest BCUT2D eigenvalue weighted by Crippen LogP contribution is -2.25. The zero-order valence-corrected chi connectivity index (χ0v) is 18.8. The first kappa shape index (κ1) is 21.1. The highest BCUT2D eigenvalue weighted by Gasteiger charge is 2.19. The second-order valence-electron chi connectivity index (χ2n) is 7.57. The number of carbonyl (C=O) groups excluding carboxylic acids is 1. The van der Waals surface area contributed by atoms with E-state index in [4.69, 9.17) is 14.1 Å². The Morgan fingerprint density at radius 3 is 2.71 bits per heavy atom. The van der Waals surface area contributed by atoms with Gasteiger partial charge in [0, 0.05) is 17.4 Å². The maximum absolute atomic E-state index is 13.7. The van der Waals surface area contributed by atoms with Gasteiger partial charge in [0.25, 0.3) is 5.56 Å². The molecule has 0 aliphatic heterocycles. The molecule has 0 aliphatic carbocycles. The van der Waals surface area contributed by atoms with E-state index in [0.717, 1.165) is 27.9 Å². The largest absolute Gasteiger partial charge is 0.463 e. The summed E-state index contributed by atoms with van der Waals surface area (Å²) in [5.41, 5.74) is 4.15. The lowest BCUT2D eigenvalue weighted by atomic mass is 9.99. The Bertz CT molecular complexity index is 1330. The lowest BCUT2D eigenvalue weighted by molar-refractivity contribution is 0.0563. The fraction of sp³-hybridized carbons (Fsp3) is 0.292. The van der Waals surface area contributed by atoms with Gasteiger partial charge in [-0.2, -0.15) is 0 Å². The number of aryl methyl sites for hydroxylation is 3. The second kappa shape index (κ2) is 8.51. The first-order valence-corrected chi connectivity index (χ1v) is 11.1. The van der Waals surface area contributed by atoms with Gasteiger partial charge in [0.05, 0.1) is 19.0 Å². The van der Waals surface area contributed by atoms with Crippen LogP contribution in [0.15, 0.2) is 44.9 Å². The zero-order chi connectivity index (χ0) is 22.1. The second-order valence-corrected chi connectivity index (χ2v) is 8.43. The number of benzene rings is 1. The van der Waals surface area contributed by atoms with Crippen molar-refractivity contribution in [3.8, 4) is 11.1 Å². The van der Waals surface area contributed by atoms with Crippen molar-refractivity contribution < 1.29 is 13.9 Å². The van der Waals surface area contributed by atoms with Crippen LogP contribution in [-0.4, -0.2) is 22.6 Å². The van der Waals surface area contributed by atoms with Crippen LogP contribution < -0.4 is 5.56 Å². The van der Waals surface area contributed by atoms with Crippen LogP contribution in [0, 0.1) is 13.8 Å². The monoisotopic (exact) mass is 436 g/mol. The average molecular weight is 437 g/mol.